The van der Waals surface area contributed by atoms with Gasteiger partial charge in [0.2, 0.25) is 0 Å². The number of H-pyrrole nitrogens is 1. The molecule has 6 nitrogen and oxygen atoms in total. The topological polar surface area (TPSA) is 78.5 Å². The maximum absolute atomic E-state index is 11.1. The first-order valence-electron chi connectivity index (χ1n) is 7.75. The van der Waals surface area contributed by atoms with Gasteiger partial charge in [-0.05, 0) is 38.8 Å². The molecule has 0 aliphatic rings. The van der Waals surface area contributed by atoms with Crippen molar-refractivity contribution in [1.82, 2.24) is 15.1 Å². The van der Waals surface area contributed by atoms with E-state index < -0.39 is 12.1 Å². The minimum atomic E-state index is -0.735. The lowest BCUT2D eigenvalue weighted by Gasteiger charge is -2.13. The molecule has 9 heteroatoms. The average molecular weight is 394 g/mol. The molecular weight excluding hydrogens is 366 g/mol. The van der Waals surface area contributed by atoms with E-state index in [2.05, 4.69) is 42.4 Å². The third-order valence-corrected chi connectivity index (χ3v) is 5.29. The molecule has 0 amide bonds. The third kappa shape index (κ3) is 10.9. The number of carbonyl (C=O) groups is 1. The number of nitrogens with zero attached hydrogens (tertiary/aromatic N) is 2. The highest BCUT2D eigenvalue weighted by Gasteiger charge is 2.10. The van der Waals surface area contributed by atoms with E-state index in [-0.39, 0.29) is 6.61 Å². The molecule has 1 aromatic heterocycles. The van der Waals surface area contributed by atoms with E-state index in [1.807, 2.05) is 0 Å². The highest BCUT2D eigenvalue weighted by molar-refractivity contribution is 8.01. The van der Waals surface area contributed by atoms with Crippen molar-refractivity contribution in [3.63, 3.8) is 0 Å². The van der Waals surface area contributed by atoms with E-state index in [1.54, 1.807) is 6.92 Å². The van der Waals surface area contributed by atoms with Crippen LogP contribution in [-0.4, -0.2) is 64.3 Å². The largest absolute Gasteiger partial charge is 0.460 e. The summed E-state index contributed by atoms with van der Waals surface area (Å²) in [6.07, 6.45) is -0.735. The highest BCUT2D eigenvalue weighted by Crippen LogP contribution is 2.20. The molecule has 0 aromatic carbocycles. The van der Waals surface area contributed by atoms with Crippen LogP contribution in [-0.2, 0) is 9.53 Å². The fraction of sp³-hybridized carbons (Fsp3) is 0.667. The first kappa shape index (κ1) is 23.3. The molecule has 0 aliphatic carbocycles. The van der Waals surface area contributed by atoms with E-state index >= 15 is 0 Å². The van der Waals surface area contributed by atoms with Gasteiger partial charge in [0.1, 0.15) is 6.61 Å². The molecule has 0 radical (unpaired) electrons. The maximum Gasteiger partial charge on any atom is 0.333 e. The molecule has 24 heavy (non-hydrogen) atoms. The second kappa shape index (κ2) is 13.5. The molecule has 1 aromatic rings. The summed E-state index contributed by atoms with van der Waals surface area (Å²) in [5.41, 5.74) is 0.315. The predicted octanol–water partition coefficient (Wildman–Crippen LogP) is 3.12. The Morgan fingerprint density at radius 1 is 1.46 bits per heavy atom. The molecule has 1 atom stereocenters. The van der Waals surface area contributed by atoms with Gasteiger partial charge in [0.05, 0.1) is 6.10 Å². The van der Waals surface area contributed by atoms with Gasteiger partial charge in [0, 0.05) is 11.3 Å². The molecule has 0 aliphatic heterocycles. The van der Waals surface area contributed by atoms with E-state index in [0.717, 1.165) is 4.34 Å². The summed E-state index contributed by atoms with van der Waals surface area (Å²) < 4.78 is 6.16. The maximum atomic E-state index is 11.1. The van der Waals surface area contributed by atoms with Gasteiger partial charge in [-0.3, -0.25) is 5.10 Å². The number of rotatable bonds is 9. The normalized spacial score (nSPS) is 11.6. The van der Waals surface area contributed by atoms with Gasteiger partial charge in [-0.25, -0.2) is 4.79 Å². The number of esters is 1. The van der Waals surface area contributed by atoms with Crippen molar-refractivity contribution in [3.05, 3.63) is 16.1 Å². The van der Waals surface area contributed by atoms with Crippen molar-refractivity contribution in [3.8, 4) is 0 Å². The van der Waals surface area contributed by atoms with Gasteiger partial charge in [0.15, 0.2) is 8.29 Å². The summed E-state index contributed by atoms with van der Waals surface area (Å²) in [6, 6.07) is 0. The minimum absolute atomic E-state index is 0.0471. The number of aliphatic hydroxyl groups excluding tert-OH is 1. The Balaban J connectivity index is 0.000000640. The smallest absolute Gasteiger partial charge is 0.333 e. The number of nitrogens with one attached hydrogen (secondary N) is 1. The first-order valence-corrected chi connectivity index (χ1v) is 9.96. The SMILES string of the molecule is C=C(C)C(=O)OCC(O)CSc1n[nH]c(=S)s1.CCN(CC)CC. The van der Waals surface area contributed by atoms with Crippen LogP contribution in [0, 0.1) is 3.95 Å². The van der Waals surface area contributed by atoms with E-state index in [1.165, 1.54) is 42.7 Å². The fourth-order valence-electron chi connectivity index (χ4n) is 1.46. The quantitative estimate of drug-likeness (QED) is 0.289. The van der Waals surface area contributed by atoms with E-state index in [9.17, 15) is 9.90 Å². The summed E-state index contributed by atoms with van der Waals surface area (Å²) in [5.74, 6) is -0.107. The van der Waals surface area contributed by atoms with E-state index in [0.29, 0.717) is 15.3 Å². The Labute approximate surface area is 157 Å². The molecule has 1 unspecified atom stereocenters. The van der Waals surface area contributed by atoms with Crippen LogP contribution in [0.25, 0.3) is 0 Å². The van der Waals surface area contributed by atoms with Crippen molar-refractivity contribution in [2.24, 2.45) is 0 Å². The third-order valence-electron chi connectivity index (χ3n) is 2.91. The Hall–Kier alpha value is -0.740. The van der Waals surface area contributed by atoms with Crippen LogP contribution in [0.15, 0.2) is 16.5 Å². The zero-order valence-electron chi connectivity index (χ0n) is 14.7. The van der Waals surface area contributed by atoms with Crippen molar-refractivity contribution in [2.75, 3.05) is 32.0 Å². The van der Waals surface area contributed by atoms with Crippen molar-refractivity contribution in [2.45, 2.75) is 38.1 Å². The molecule has 0 saturated heterocycles. The number of aromatic amines is 1. The Morgan fingerprint density at radius 3 is 2.42 bits per heavy atom. The Morgan fingerprint density at radius 2 is 2.04 bits per heavy atom. The van der Waals surface area contributed by atoms with Gasteiger partial charge in [0.25, 0.3) is 0 Å². The summed E-state index contributed by atoms with van der Waals surface area (Å²) >= 11 is 7.56. The number of ether oxygens (including phenoxy) is 1. The number of aromatic nitrogens is 2. The molecule has 2 N–H and O–H groups in total. The van der Waals surface area contributed by atoms with Crippen molar-refractivity contribution < 1.29 is 14.6 Å². The second-order valence-corrected chi connectivity index (χ2v) is 7.78. The van der Waals surface area contributed by atoms with Gasteiger partial charge >= 0.3 is 5.97 Å². The number of thioether (sulfide) groups is 1. The lowest BCUT2D eigenvalue weighted by Crippen LogP contribution is -2.21. The molecule has 138 valence electrons. The van der Waals surface area contributed by atoms with Crippen LogP contribution < -0.4 is 0 Å². The Bertz CT molecular complexity index is 536. The number of hydrogen-bond donors (Lipinski definition) is 2. The Kier molecular flexibility index (Phi) is 13.1. The highest BCUT2D eigenvalue weighted by atomic mass is 32.2. The van der Waals surface area contributed by atoms with Gasteiger partial charge in [-0.15, -0.1) is 0 Å². The summed E-state index contributed by atoms with van der Waals surface area (Å²) in [5, 5.41) is 16.1. The van der Waals surface area contributed by atoms with Crippen LogP contribution in [0.2, 0.25) is 0 Å². The summed E-state index contributed by atoms with van der Waals surface area (Å²) in [4.78, 5) is 13.4. The standard InChI is InChI=1S/C9H12N2O3S3.C6H15N/c1-5(2)7(13)14-3-6(12)4-16-9-11-10-8(15)17-9;1-4-7(5-2)6-3/h6,12H,1,3-4H2,2H3,(H,10,15);4-6H2,1-3H3. The fourth-order valence-corrected chi connectivity index (χ4v) is 3.47. The molecule has 0 bridgehead atoms. The van der Waals surface area contributed by atoms with E-state index in [4.69, 9.17) is 17.0 Å². The number of hydrogen-bond acceptors (Lipinski definition) is 8. The zero-order chi connectivity index (χ0) is 18.5. The molecule has 1 rings (SSSR count). The number of aliphatic hydroxyl groups is 1. The van der Waals surface area contributed by atoms with Crippen molar-refractivity contribution >= 4 is 41.3 Å². The second-order valence-electron chi connectivity index (χ2n) is 4.84. The van der Waals surface area contributed by atoms with Crippen LogP contribution >= 0.6 is 35.3 Å². The molecule has 0 spiro atoms. The van der Waals surface area contributed by atoms with Gasteiger partial charge in [-0.2, -0.15) is 5.10 Å². The van der Waals surface area contributed by atoms with Crippen LogP contribution in [0.4, 0.5) is 0 Å². The van der Waals surface area contributed by atoms with Gasteiger partial charge in [-0.1, -0.05) is 50.4 Å². The molecule has 0 fully saturated rings. The summed E-state index contributed by atoms with van der Waals surface area (Å²) in [7, 11) is 0. The van der Waals surface area contributed by atoms with Crippen molar-refractivity contribution in [1.29, 1.82) is 0 Å². The van der Waals surface area contributed by atoms with Crippen LogP contribution in [0.1, 0.15) is 27.7 Å². The summed E-state index contributed by atoms with van der Waals surface area (Å²) in [6.45, 7) is 15.1. The lowest BCUT2D eigenvalue weighted by atomic mass is 10.3. The monoisotopic (exact) mass is 393 g/mol. The van der Waals surface area contributed by atoms with Crippen LogP contribution in [0.5, 0.6) is 0 Å². The van der Waals surface area contributed by atoms with Crippen LogP contribution in [0.3, 0.4) is 0 Å². The predicted molar refractivity (Wildman–Crippen MR) is 103 cm³/mol. The molecule has 0 saturated carbocycles. The minimum Gasteiger partial charge on any atom is -0.460 e. The zero-order valence-corrected chi connectivity index (χ0v) is 17.2. The van der Waals surface area contributed by atoms with Gasteiger partial charge < -0.3 is 14.7 Å². The lowest BCUT2D eigenvalue weighted by molar-refractivity contribution is -0.141. The molecule has 1 heterocycles. The first-order chi connectivity index (χ1) is 11.3. The number of carbonyl (C=O) groups excluding carboxylic acids is 1. The average Bonchev–Trinajstić information content (AvgIpc) is 2.98. The molecular formula is C15H27N3O3S3.